The number of methoxy groups -OCH3 is 1. The average molecular weight is 532 g/mol. The lowest BCUT2D eigenvalue weighted by atomic mass is 9.78. The van der Waals surface area contributed by atoms with Crippen LogP contribution >= 0.6 is 0 Å². The number of para-hydroxylation sites is 2. The SMILES string of the molecule is COc1ccc([C@H](OC(=O)NC(=O)c2ccccc2)C(C)(C)CC/C=C/C(=O)Nc2ccccc2N)cc1O. The minimum absolute atomic E-state index is 0.114. The Bertz CT molecular complexity index is 1340. The fourth-order valence-corrected chi connectivity index (χ4v) is 4.00. The number of hydrogen-bond donors (Lipinski definition) is 4. The van der Waals surface area contributed by atoms with Gasteiger partial charge in [-0.05, 0) is 60.9 Å². The second-order valence-corrected chi connectivity index (χ2v) is 9.54. The van der Waals surface area contributed by atoms with Gasteiger partial charge in [0.05, 0.1) is 18.5 Å². The van der Waals surface area contributed by atoms with Crippen LogP contribution in [0, 0.1) is 5.41 Å². The first kappa shape index (κ1) is 28.8. The van der Waals surface area contributed by atoms with Crippen molar-refractivity contribution in [1.82, 2.24) is 5.32 Å². The van der Waals surface area contributed by atoms with Crippen LogP contribution in [0.4, 0.5) is 16.2 Å². The first-order valence-corrected chi connectivity index (χ1v) is 12.4. The van der Waals surface area contributed by atoms with Gasteiger partial charge in [-0.1, -0.05) is 56.3 Å². The first-order valence-electron chi connectivity index (χ1n) is 12.4. The highest BCUT2D eigenvalue weighted by atomic mass is 16.6. The minimum Gasteiger partial charge on any atom is -0.504 e. The normalized spacial score (nSPS) is 12.0. The molecular formula is C30H33N3O6. The molecule has 39 heavy (non-hydrogen) atoms. The third kappa shape index (κ3) is 8.10. The van der Waals surface area contributed by atoms with Crippen LogP contribution in [-0.4, -0.2) is 30.1 Å². The number of phenolic OH excluding ortho intramolecular Hbond substituents is 1. The number of imide groups is 1. The molecule has 0 unspecified atom stereocenters. The molecule has 0 heterocycles. The maximum atomic E-state index is 12.8. The quantitative estimate of drug-likeness (QED) is 0.197. The molecule has 0 aliphatic rings. The summed E-state index contributed by atoms with van der Waals surface area (Å²) >= 11 is 0. The van der Waals surface area contributed by atoms with Crippen molar-refractivity contribution in [3.8, 4) is 11.5 Å². The molecule has 0 aliphatic carbocycles. The Hall–Kier alpha value is -4.79. The Morgan fingerprint density at radius 1 is 1.03 bits per heavy atom. The molecule has 0 fully saturated rings. The summed E-state index contributed by atoms with van der Waals surface area (Å²) in [6, 6.07) is 20.0. The van der Waals surface area contributed by atoms with E-state index >= 15 is 0 Å². The lowest BCUT2D eigenvalue weighted by Gasteiger charge is -2.34. The highest BCUT2D eigenvalue weighted by Crippen LogP contribution is 2.42. The largest absolute Gasteiger partial charge is 0.504 e. The smallest absolute Gasteiger partial charge is 0.414 e. The number of hydrogen-bond acceptors (Lipinski definition) is 7. The van der Waals surface area contributed by atoms with Gasteiger partial charge < -0.3 is 25.6 Å². The minimum atomic E-state index is -0.924. The molecular weight excluding hydrogens is 498 g/mol. The van der Waals surface area contributed by atoms with E-state index < -0.39 is 23.5 Å². The maximum absolute atomic E-state index is 12.8. The lowest BCUT2D eigenvalue weighted by Crippen LogP contribution is -2.35. The Labute approximate surface area is 227 Å². The van der Waals surface area contributed by atoms with E-state index in [4.69, 9.17) is 15.2 Å². The van der Waals surface area contributed by atoms with E-state index in [1.807, 2.05) is 13.8 Å². The van der Waals surface area contributed by atoms with E-state index in [9.17, 15) is 19.5 Å². The van der Waals surface area contributed by atoms with Gasteiger partial charge in [-0.3, -0.25) is 14.9 Å². The summed E-state index contributed by atoms with van der Waals surface area (Å²) < 4.78 is 10.9. The number of ether oxygens (including phenoxy) is 2. The summed E-state index contributed by atoms with van der Waals surface area (Å²) in [5, 5.41) is 15.3. The summed E-state index contributed by atoms with van der Waals surface area (Å²) in [6.45, 7) is 3.79. The van der Waals surface area contributed by atoms with Crippen LogP contribution < -0.4 is 21.1 Å². The van der Waals surface area contributed by atoms with Crippen LogP contribution in [-0.2, 0) is 9.53 Å². The standard InChI is InChI=1S/C30H33N3O6/c1-30(2,18-10-9-15-26(35)32-23-14-8-7-13-22(23)31)27(21-16-17-25(38-3)24(34)19-21)39-29(37)33-28(36)20-11-5-4-6-12-20/h4-9,11-17,19,27,34H,10,18,31H2,1-3H3,(H,32,35)(H,33,36,37)/b15-9+/t27-/m0/s1. The lowest BCUT2D eigenvalue weighted by molar-refractivity contribution is -0.111. The van der Waals surface area contributed by atoms with Gasteiger partial charge in [-0.25, -0.2) is 4.79 Å². The van der Waals surface area contributed by atoms with Gasteiger partial charge in [0.1, 0.15) is 6.10 Å². The number of carbonyl (C=O) groups is 3. The highest BCUT2D eigenvalue weighted by Gasteiger charge is 2.34. The van der Waals surface area contributed by atoms with Crippen molar-refractivity contribution in [3.05, 3.63) is 96.1 Å². The molecule has 0 bridgehead atoms. The van der Waals surface area contributed by atoms with Gasteiger partial charge in [0.15, 0.2) is 11.5 Å². The van der Waals surface area contributed by atoms with Crippen LogP contribution in [0.3, 0.4) is 0 Å². The van der Waals surface area contributed by atoms with Gasteiger partial charge in [-0.2, -0.15) is 0 Å². The molecule has 3 aromatic carbocycles. The molecule has 204 valence electrons. The molecule has 9 heteroatoms. The second-order valence-electron chi connectivity index (χ2n) is 9.54. The van der Waals surface area contributed by atoms with E-state index in [0.717, 1.165) is 0 Å². The van der Waals surface area contributed by atoms with Crippen molar-refractivity contribution >= 4 is 29.3 Å². The first-order chi connectivity index (χ1) is 18.6. The molecule has 1 atom stereocenters. The number of nitrogens with one attached hydrogen (secondary N) is 2. The van der Waals surface area contributed by atoms with E-state index in [2.05, 4.69) is 10.6 Å². The Morgan fingerprint density at radius 2 is 1.72 bits per heavy atom. The number of amides is 3. The van der Waals surface area contributed by atoms with E-state index in [1.165, 1.54) is 19.3 Å². The number of allylic oxidation sites excluding steroid dienone is 1. The molecule has 0 radical (unpaired) electrons. The number of aromatic hydroxyl groups is 1. The van der Waals surface area contributed by atoms with Gasteiger partial charge in [-0.15, -0.1) is 0 Å². The second kappa shape index (κ2) is 13.1. The van der Waals surface area contributed by atoms with Crippen LogP contribution in [0.25, 0.3) is 0 Å². The zero-order valence-electron chi connectivity index (χ0n) is 22.1. The van der Waals surface area contributed by atoms with E-state index in [0.29, 0.717) is 35.3 Å². The van der Waals surface area contributed by atoms with Crippen LogP contribution in [0.15, 0.2) is 84.9 Å². The van der Waals surface area contributed by atoms with Crippen molar-refractivity contribution in [2.45, 2.75) is 32.8 Å². The molecule has 3 aromatic rings. The summed E-state index contributed by atoms with van der Waals surface area (Å²) in [4.78, 5) is 37.5. The third-order valence-corrected chi connectivity index (χ3v) is 6.14. The Morgan fingerprint density at radius 3 is 2.38 bits per heavy atom. The molecule has 0 aliphatic heterocycles. The fourth-order valence-electron chi connectivity index (χ4n) is 4.00. The number of rotatable bonds is 10. The summed E-state index contributed by atoms with van der Waals surface area (Å²) in [6.07, 6.45) is 2.36. The third-order valence-electron chi connectivity index (χ3n) is 6.14. The van der Waals surface area contributed by atoms with Crippen LogP contribution in [0.2, 0.25) is 0 Å². The molecule has 0 aromatic heterocycles. The van der Waals surface area contributed by atoms with Gasteiger partial charge in [0, 0.05) is 11.0 Å². The predicted molar refractivity (Wildman–Crippen MR) is 149 cm³/mol. The van der Waals surface area contributed by atoms with Crippen LogP contribution in [0.5, 0.6) is 11.5 Å². The number of anilines is 2. The van der Waals surface area contributed by atoms with Crippen LogP contribution in [0.1, 0.15) is 48.7 Å². The highest BCUT2D eigenvalue weighted by molar-refractivity contribution is 6.03. The number of phenols is 1. The number of nitrogen functional groups attached to an aromatic ring is 1. The van der Waals surface area contributed by atoms with Crippen molar-refractivity contribution in [3.63, 3.8) is 0 Å². The van der Waals surface area contributed by atoms with Gasteiger partial charge in [0.2, 0.25) is 5.91 Å². The molecule has 9 nitrogen and oxygen atoms in total. The molecule has 0 saturated carbocycles. The monoisotopic (exact) mass is 531 g/mol. The number of alkyl carbamates (subject to hydrolysis) is 1. The topological polar surface area (TPSA) is 140 Å². The van der Waals surface area contributed by atoms with E-state index in [-0.39, 0.29) is 17.4 Å². The summed E-state index contributed by atoms with van der Waals surface area (Å²) in [7, 11) is 1.43. The number of nitrogens with two attached hydrogens (primary N) is 1. The number of benzene rings is 3. The maximum Gasteiger partial charge on any atom is 0.414 e. The molecule has 0 spiro atoms. The van der Waals surface area contributed by atoms with E-state index in [1.54, 1.807) is 72.8 Å². The van der Waals surface area contributed by atoms with Crippen molar-refractivity contribution < 1.29 is 29.0 Å². The average Bonchev–Trinajstić information content (AvgIpc) is 2.91. The fraction of sp³-hybridized carbons (Fsp3) is 0.233. The number of carbonyl (C=O) groups excluding carboxylic acids is 3. The molecule has 5 N–H and O–H groups in total. The predicted octanol–water partition coefficient (Wildman–Crippen LogP) is 5.59. The Kier molecular flexibility index (Phi) is 9.69. The summed E-state index contributed by atoms with van der Waals surface area (Å²) in [5.74, 6) is -0.760. The molecule has 3 rings (SSSR count). The van der Waals surface area contributed by atoms with Gasteiger partial charge >= 0.3 is 6.09 Å². The van der Waals surface area contributed by atoms with Crippen molar-refractivity contribution in [2.24, 2.45) is 5.41 Å². The van der Waals surface area contributed by atoms with Crippen molar-refractivity contribution in [2.75, 3.05) is 18.2 Å². The Balaban J connectivity index is 1.72. The molecule has 3 amide bonds. The summed E-state index contributed by atoms with van der Waals surface area (Å²) in [5.41, 5.74) is 7.02. The molecule has 0 saturated heterocycles. The van der Waals surface area contributed by atoms with Crippen molar-refractivity contribution in [1.29, 1.82) is 0 Å². The zero-order chi connectivity index (χ0) is 28.4. The van der Waals surface area contributed by atoms with Gasteiger partial charge in [0.25, 0.3) is 5.91 Å². The zero-order valence-corrected chi connectivity index (χ0v) is 22.1.